The molecule has 0 saturated heterocycles. The van der Waals surface area contributed by atoms with Crippen molar-refractivity contribution in [1.82, 2.24) is 14.8 Å². The number of benzene rings is 1. The number of anilines is 3. The molecule has 0 fully saturated rings. The molecule has 2 heterocycles. The smallest absolute Gasteiger partial charge is 0.248 e. The van der Waals surface area contributed by atoms with E-state index in [1.807, 2.05) is 0 Å². The van der Waals surface area contributed by atoms with Crippen LogP contribution in [0.1, 0.15) is 19.4 Å². The molecule has 0 aliphatic carbocycles. The van der Waals surface area contributed by atoms with E-state index in [0.717, 1.165) is 0 Å². The zero-order valence-electron chi connectivity index (χ0n) is 12.2. The minimum Gasteiger partial charge on any atom is -0.326 e. The minimum absolute atomic E-state index is 0.0147. The van der Waals surface area contributed by atoms with Gasteiger partial charge in [-0.1, -0.05) is 0 Å². The molecule has 0 bridgehead atoms. The van der Waals surface area contributed by atoms with Crippen LogP contribution in [0.4, 0.5) is 17.3 Å². The third-order valence-electron chi connectivity index (χ3n) is 3.31. The highest BCUT2D eigenvalue weighted by Crippen LogP contribution is 2.24. The second-order valence-corrected chi connectivity index (χ2v) is 5.08. The molecule has 0 saturated carbocycles. The number of nitrogens with one attached hydrogen (secondary N) is 3. The average Bonchev–Trinajstić information content (AvgIpc) is 2.95. The summed E-state index contributed by atoms with van der Waals surface area (Å²) in [6.07, 6.45) is 1.42. The zero-order chi connectivity index (χ0) is 16.4. The lowest BCUT2D eigenvalue weighted by molar-refractivity contribution is -0.125. The Morgan fingerprint density at radius 2 is 1.87 bits per heavy atom. The molecule has 1 aromatic heterocycles. The molecule has 1 aliphatic heterocycles. The van der Waals surface area contributed by atoms with Gasteiger partial charge in [0.25, 0.3) is 0 Å². The molecule has 118 valence electrons. The highest BCUT2D eigenvalue weighted by Gasteiger charge is 2.31. The maximum Gasteiger partial charge on any atom is 0.248 e. The molecule has 0 radical (unpaired) electrons. The number of aromatic nitrogens is 3. The Bertz CT molecular complexity index is 767. The fourth-order valence-corrected chi connectivity index (χ4v) is 2.29. The molecule has 0 spiro atoms. The molecule has 3 amide bonds. The lowest BCUT2D eigenvalue weighted by Crippen LogP contribution is -2.35. The fourth-order valence-electron chi connectivity index (χ4n) is 2.29. The molecule has 2 aromatic rings. The van der Waals surface area contributed by atoms with Crippen LogP contribution in [0.2, 0.25) is 0 Å². The van der Waals surface area contributed by atoms with Crippen molar-refractivity contribution in [2.24, 2.45) is 0 Å². The summed E-state index contributed by atoms with van der Waals surface area (Å²) in [5.41, 5.74) is 1.19. The Morgan fingerprint density at radius 1 is 1.22 bits per heavy atom. The predicted molar refractivity (Wildman–Crippen MR) is 81.7 cm³/mol. The predicted octanol–water partition coefficient (Wildman–Crippen LogP) is 0.758. The number of nitrogens with zero attached hydrogens (tertiary/aromatic N) is 3. The summed E-state index contributed by atoms with van der Waals surface area (Å²) >= 11 is 0. The molecule has 1 aromatic carbocycles. The van der Waals surface area contributed by atoms with Crippen molar-refractivity contribution in [3.05, 3.63) is 30.6 Å². The van der Waals surface area contributed by atoms with Gasteiger partial charge in [-0.15, -0.1) is 10.2 Å². The lowest BCUT2D eigenvalue weighted by Gasteiger charge is -2.23. The van der Waals surface area contributed by atoms with E-state index in [0.29, 0.717) is 11.4 Å². The van der Waals surface area contributed by atoms with Crippen LogP contribution in [-0.2, 0) is 14.4 Å². The molecule has 23 heavy (non-hydrogen) atoms. The topological polar surface area (TPSA) is 118 Å². The molecule has 9 nitrogen and oxygen atoms in total. The Balaban J connectivity index is 1.72. The number of fused-ring (bicyclic) bond motifs is 1. The van der Waals surface area contributed by atoms with Crippen LogP contribution < -0.4 is 16.0 Å². The SMILES string of the molecule is CC(=O)Nc1ccc(NC(=O)C2CC(=O)Nc3nncn32)cc1. The Morgan fingerprint density at radius 3 is 2.52 bits per heavy atom. The van der Waals surface area contributed by atoms with Crippen molar-refractivity contribution in [1.29, 1.82) is 0 Å². The van der Waals surface area contributed by atoms with Crippen molar-refractivity contribution in [3.8, 4) is 0 Å². The van der Waals surface area contributed by atoms with E-state index < -0.39 is 6.04 Å². The van der Waals surface area contributed by atoms with E-state index >= 15 is 0 Å². The third-order valence-corrected chi connectivity index (χ3v) is 3.31. The van der Waals surface area contributed by atoms with Gasteiger partial charge in [0.1, 0.15) is 12.4 Å². The van der Waals surface area contributed by atoms with Gasteiger partial charge in [-0.2, -0.15) is 0 Å². The highest BCUT2D eigenvalue weighted by atomic mass is 16.2. The number of hydrogen-bond donors (Lipinski definition) is 3. The number of carbonyl (C=O) groups excluding carboxylic acids is 3. The first-order chi connectivity index (χ1) is 11.0. The van der Waals surface area contributed by atoms with E-state index in [9.17, 15) is 14.4 Å². The second kappa shape index (κ2) is 5.87. The average molecular weight is 314 g/mol. The van der Waals surface area contributed by atoms with Crippen LogP contribution in [0, 0.1) is 0 Å². The standard InChI is InChI=1S/C14H14N6O3/c1-8(21)16-9-2-4-10(5-3-9)17-13(23)11-6-12(22)18-14-19-15-7-20(11)14/h2-5,7,11H,6H2,1H3,(H,16,21)(H,17,23)(H,18,19,22). The summed E-state index contributed by atoms with van der Waals surface area (Å²) in [6, 6.07) is 5.98. The lowest BCUT2D eigenvalue weighted by atomic mass is 10.1. The number of rotatable bonds is 3. The van der Waals surface area contributed by atoms with Crippen LogP contribution in [-0.4, -0.2) is 32.5 Å². The van der Waals surface area contributed by atoms with Crippen LogP contribution in [0.5, 0.6) is 0 Å². The molecule has 1 unspecified atom stereocenters. The summed E-state index contributed by atoms with van der Waals surface area (Å²) in [6.45, 7) is 1.42. The fraction of sp³-hybridized carbons (Fsp3) is 0.214. The van der Waals surface area contributed by atoms with Crippen LogP contribution in [0.15, 0.2) is 30.6 Å². The molecule has 1 atom stereocenters. The summed E-state index contributed by atoms with van der Waals surface area (Å²) in [4.78, 5) is 35.0. The first kappa shape index (κ1) is 14.7. The van der Waals surface area contributed by atoms with Crippen molar-refractivity contribution >= 4 is 35.0 Å². The van der Waals surface area contributed by atoms with Gasteiger partial charge in [-0.05, 0) is 24.3 Å². The molecular weight excluding hydrogens is 300 g/mol. The van der Waals surface area contributed by atoms with Gasteiger partial charge in [0.2, 0.25) is 23.7 Å². The molecular formula is C14H14N6O3. The largest absolute Gasteiger partial charge is 0.326 e. The van der Waals surface area contributed by atoms with E-state index in [4.69, 9.17) is 0 Å². The van der Waals surface area contributed by atoms with Crippen LogP contribution >= 0.6 is 0 Å². The van der Waals surface area contributed by atoms with Crippen molar-refractivity contribution in [3.63, 3.8) is 0 Å². The second-order valence-electron chi connectivity index (χ2n) is 5.08. The summed E-state index contributed by atoms with van der Waals surface area (Å²) in [5, 5.41) is 15.4. The minimum atomic E-state index is -0.705. The quantitative estimate of drug-likeness (QED) is 0.773. The van der Waals surface area contributed by atoms with Crippen molar-refractivity contribution in [2.75, 3.05) is 16.0 Å². The summed E-state index contributed by atoms with van der Waals surface area (Å²) in [7, 11) is 0. The van der Waals surface area contributed by atoms with Gasteiger partial charge in [-0.3, -0.25) is 24.3 Å². The van der Waals surface area contributed by atoms with E-state index in [2.05, 4.69) is 26.1 Å². The molecule has 3 rings (SSSR count). The van der Waals surface area contributed by atoms with Crippen LogP contribution in [0.3, 0.4) is 0 Å². The number of carbonyl (C=O) groups is 3. The van der Waals surface area contributed by atoms with Crippen molar-refractivity contribution < 1.29 is 14.4 Å². The number of hydrogen-bond acceptors (Lipinski definition) is 5. The first-order valence-corrected chi connectivity index (χ1v) is 6.91. The summed E-state index contributed by atoms with van der Waals surface area (Å²) < 4.78 is 1.52. The number of amides is 3. The Labute approximate surface area is 131 Å². The molecule has 1 aliphatic rings. The van der Waals surface area contributed by atoms with Gasteiger partial charge in [0.15, 0.2) is 0 Å². The van der Waals surface area contributed by atoms with Gasteiger partial charge < -0.3 is 10.6 Å². The maximum absolute atomic E-state index is 12.4. The Kier molecular flexibility index (Phi) is 3.75. The van der Waals surface area contributed by atoms with E-state index in [-0.39, 0.29) is 30.1 Å². The van der Waals surface area contributed by atoms with Crippen molar-refractivity contribution in [2.45, 2.75) is 19.4 Å². The zero-order valence-corrected chi connectivity index (χ0v) is 12.2. The molecule has 3 N–H and O–H groups in total. The third kappa shape index (κ3) is 3.18. The van der Waals surface area contributed by atoms with Gasteiger partial charge in [-0.25, -0.2) is 0 Å². The molecule has 9 heteroatoms. The maximum atomic E-state index is 12.4. The van der Waals surface area contributed by atoms with E-state index in [1.165, 1.54) is 17.8 Å². The van der Waals surface area contributed by atoms with Gasteiger partial charge in [0.05, 0.1) is 6.42 Å². The van der Waals surface area contributed by atoms with E-state index in [1.54, 1.807) is 24.3 Å². The van der Waals surface area contributed by atoms with Gasteiger partial charge in [0, 0.05) is 18.3 Å². The van der Waals surface area contributed by atoms with Crippen LogP contribution in [0.25, 0.3) is 0 Å². The normalized spacial score (nSPS) is 16.2. The first-order valence-electron chi connectivity index (χ1n) is 6.91. The van der Waals surface area contributed by atoms with Gasteiger partial charge >= 0.3 is 0 Å². The highest BCUT2D eigenvalue weighted by molar-refractivity contribution is 6.01. The monoisotopic (exact) mass is 314 g/mol. The summed E-state index contributed by atoms with van der Waals surface area (Å²) in [5.74, 6) is -0.544. The Hall–Kier alpha value is -3.23.